The van der Waals surface area contributed by atoms with E-state index in [9.17, 15) is 5.11 Å². The summed E-state index contributed by atoms with van der Waals surface area (Å²) in [4.78, 5) is 17.9. The maximum absolute atomic E-state index is 9.34. The van der Waals surface area contributed by atoms with Gasteiger partial charge in [0.25, 0.3) is 0 Å². The van der Waals surface area contributed by atoms with Crippen molar-refractivity contribution in [2.45, 2.75) is 26.3 Å². The smallest absolute Gasteiger partial charge is 0.222 e. The van der Waals surface area contributed by atoms with Gasteiger partial charge in [-0.2, -0.15) is 4.98 Å². The molecule has 134 valence electrons. The SMILES string of the molecule is Cc1nc(N)nc(NC2C=CC(CO)C2)c1-c1nc2c(C)nccc2s1. The number of aromatic nitrogens is 4. The fourth-order valence-corrected chi connectivity index (χ4v) is 4.35. The molecule has 8 heteroatoms. The van der Waals surface area contributed by atoms with Crippen LogP contribution in [0.15, 0.2) is 24.4 Å². The van der Waals surface area contributed by atoms with Gasteiger partial charge >= 0.3 is 0 Å². The van der Waals surface area contributed by atoms with Crippen molar-refractivity contribution in [3.8, 4) is 10.6 Å². The lowest BCUT2D eigenvalue weighted by molar-refractivity contribution is 0.250. The molecule has 1 aliphatic rings. The molecule has 2 atom stereocenters. The summed E-state index contributed by atoms with van der Waals surface area (Å²) in [5, 5.41) is 13.6. The molecule has 4 rings (SSSR count). The Hall–Kier alpha value is -2.58. The van der Waals surface area contributed by atoms with Crippen molar-refractivity contribution in [1.82, 2.24) is 19.9 Å². The maximum Gasteiger partial charge on any atom is 0.222 e. The molecule has 2 unspecified atom stereocenters. The van der Waals surface area contributed by atoms with Crippen LogP contribution in [-0.2, 0) is 0 Å². The minimum absolute atomic E-state index is 0.0948. The third-order valence-corrected chi connectivity index (χ3v) is 5.58. The van der Waals surface area contributed by atoms with Crippen LogP contribution in [0.3, 0.4) is 0 Å². The van der Waals surface area contributed by atoms with Crippen LogP contribution in [0.2, 0.25) is 0 Å². The van der Waals surface area contributed by atoms with Crippen LogP contribution < -0.4 is 11.1 Å². The van der Waals surface area contributed by atoms with Crippen molar-refractivity contribution in [3.63, 3.8) is 0 Å². The molecule has 3 aromatic heterocycles. The van der Waals surface area contributed by atoms with Crippen molar-refractivity contribution >= 4 is 33.3 Å². The first-order valence-corrected chi connectivity index (χ1v) is 9.29. The van der Waals surface area contributed by atoms with Gasteiger partial charge in [-0.05, 0) is 26.3 Å². The van der Waals surface area contributed by atoms with Gasteiger partial charge in [0.05, 0.1) is 21.7 Å². The molecule has 0 fully saturated rings. The molecule has 26 heavy (non-hydrogen) atoms. The number of aliphatic hydroxyl groups excluding tert-OH is 1. The number of nitrogens with two attached hydrogens (primary N) is 1. The summed E-state index contributed by atoms with van der Waals surface area (Å²) < 4.78 is 1.08. The predicted octanol–water partition coefficient (Wildman–Crippen LogP) is 2.70. The molecule has 0 aliphatic heterocycles. The number of nitrogen functional groups attached to an aromatic ring is 1. The van der Waals surface area contributed by atoms with Crippen molar-refractivity contribution in [2.24, 2.45) is 5.92 Å². The number of aryl methyl sites for hydroxylation is 2. The lowest BCUT2D eigenvalue weighted by atomic mass is 10.1. The number of thiazole rings is 1. The summed E-state index contributed by atoms with van der Waals surface area (Å²) in [5.74, 6) is 1.08. The molecular weight excluding hydrogens is 348 g/mol. The summed E-state index contributed by atoms with van der Waals surface area (Å²) in [5.41, 5.74) is 9.33. The molecule has 3 aromatic rings. The fraction of sp³-hybridized carbons (Fsp3) is 0.333. The Morgan fingerprint density at radius 3 is 2.81 bits per heavy atom. The molecule has 0 radical (unpaired) electrons. The molecule has 4 N–H and O–H groups in total. The van der Waals surface area contributed by atoms with Crippen LogP contribution in [0.5, 0.6) is 0 Å². The molecule has 0 spiro atoms. The minimum atomic E-state index is 0.0948. The van der Waals surface area contributed by atoms with Gasteiger partial charge in [-0.3, -0.25) is 4.98 Å². The lowest BCUT2D eigenvalue weighted by Gasteiger charge is -2.17. The highest BCUT2D eigenvalue weighted by atomic mass is 32.1. The maximum atomic E-state index is 9.34. The third kappa shape index (κ3) is 3.02. The lowest BCUT2D eigenvalue weighted by Crippen LogP contribution is -2.19. The number of hydrogen-bond donors (Lipinski definition) is 3. The Morgan fingerprint density at radius 1 is 1.23 bits per heavy atom. The molecule has 1 aliphatic carbocycles. The third-order valence-electron chi connectivity index (χ3n) is 4.54. The van der Waals surface area contributed by atoms with Gasteiger partial charge in [0.15, 0.2) is 0 Å². The van der Waals surface area contributed by atoms with E-state index in [1.165, 1.54) is 0 Å². The molecule has 0 saturated carbocycles. The number of nitrogens with one attached hydrogen (secondary N) is 1. The Kier molecular flexibility index (Phi) is 4.29. The van der Waals surface area contributed by atoms with Gasteiger partial charge in [0, 0.05) is 24.8 Å². The quantitative estimate of drug-likeness (QED) is 0.607. The number of rotatable bonds is 4. The monoisotopic (exact) mass is 368 g/mol. The zero-order valence-electron chi connectivity index (χ0n) is 14.6. The summed E-state index contributed by atoms with van der Waals surface area (Å²) in [6.07, 6.45) is 6.71. The second kappa shape index (κ2) is 6.62. The second-order valence-corrected chi connectivity index (χ2v) is 7.50. The van der Waals surface area contributed by atoms with Gasteiger partial charge in [0.2, 0.25) is 5.95 Å². The van der Waals surface area contributed by atoms with Crippen LogP contribution in [0.1, 0.15) is 17.8 Å². The Morgan fingerprint density at radius 2 is 2.08 bits per heavy atom. The normalized spacial score (nSPS) is 19.3. The Bertz CT molecular complexity index is 999. The standard InChI is InChI=1S/C18H20N6OS/c1-9-14(17-23-15-10(2)20-6-5-13(15)26-17)16(24-18(19)21-9)22-12-4-3-11(7-12)8-25/h3-6,11-12,25H,7-8H2,1-2H3,(H3,19,21,22,24). The average molecular weight is 368 g/mol. The van der Waals surface area contributed by atoms with Crippen molar-refractivity contribution in [3.05, 3.63) is 35.8 Å². The largest absolute Gasteiger partial charge is 0.396 e. The topological polar surface area (TPSA) is 110 Å². The first-order chi connectivity index (χ1) is 12.5. The zero-order chi connectivity index (χ0) is 18.3. The van der Waals surface area contributed by atoms with E-state index in [1.54, 1.807) is 17.5 Å². The summed E-state index contributed by atoms with van der Waals surface area (Å²) in [6, 6.07) is 2.06. The highest BCUT2D eigenvalue weighted by Crippen LogP contribution is 2.37. The Labute approximate surface area is 155 Å². The molecule has 7 nitrogen and oxygen atoms in total. The van der Waals surface area contributed by atoms with Gasteiger partial charge in [0.1, 0.15) is 16.3 Å². The first kappa shape index (κ1) is 16.9. The number of anilines is 2. The van der Waals surface area contributed by atoms with Crippen LogP contribution in [0, 0.1) is 19.8 Å². The van der Waals surface area contributed by atoms with E-state index >= 15 is 0 Å². The average Bonchev–Trinajstić information content (AvgIpc) is 3.21. The van der Waals surface area contributed by atoms with E-state index in [4.69, 9.17) is 10.7 Å². The number of fused-ring (bicyclic) bond motifs is 1. The van der Waals surface area contributed by atoms with Crippen LogP contribution in [0.4, 0.5) is 11.8 Å². The van der Waals surface area contributed by atoms with E-state index in [2.05, 4.69) is 26.3 Å². The summed E-state index contributed by atoms with van der Waals surface area (Å²) >= 11 is 1.59. The second-order valence-electron chi connectivity index (χ2n) is 6.47. The van der Waals surface area contributed by atoms with Crippen molar-refractivity contribution in [1.29, 1.82) is 0 Å². The molecule has 0 saturated heterocycles. The fourth-order valence-electron chi connectivity index (χ4n) is 3.24. The number of nitrogens with zero attached hydrogens (tertiary/aromatic N) is 4. The Balaban J connectivity index is 1.77. The molecule has 0 bridgehead atoms. The number of aliphatic hydroxyl groups is 1. The van der Waals surface area contributed by atoms with E-state index in [0.29, 0.717) is 5.82 Å². The van der Waals surface area contributed by atoms with E-state index < -0.39 is 0 Å². The van der Waals surface area contributed by atoms with E-state index in [1.807, 2.05) is 26.0 Å². The number of hydrogen-bond acceptors (Lipinski definition) is 8. The minimum Gasteiger partial charge on any atom is -0.396 e. The first-order valence-electron chi connectivity index (χ1n) is 8.47. The van der Waals surface area contributed by atoms with Gasteiger partial charge in [-0.1, -0.05) is 12.2 Å². The highest BCUT2D eigenvalue weighted by molar-refractivity contribution is 7.21. The van der Waals surface area contributed by atoms with Crippen molar-refractivity contribution in [2.75, 3.05) is 17.7 Å². The van der Waals surface area contributed by atoms with Gasteiger partial charge in [-0.15, -0.1) is 11.3 Å². The molecule has 0 aromatic carbocycles. The van der Waals surface area contributed by atoms with Crippen LogP contribution in [0.25, 0.3) is 20.8 Å². The van der Waals surface area contributed by atoms with Crippen molar-refractivity contribution < 1.29 is 5.11 Å². The zero-order valence-corrected chi connectivity index (χ0v) is 15.4. The summed E-state index contributed by atoms with van der Waals surface area (Å²) in [7, 11) is 0. The van der Waals surface area contributed by atoms with Crippen LogP contribution >= 0.6 is 11.3 Å². The van der Waals surface area contributed by atoms with E-state index in [-0.39, 0.29) is 24.5 Å². The van der Waals surface area contributed by atoms with E-state index in [0.717, 1.165) is 38.6 Å². The summed E-state index contributed by atoms with van der Waals surface area (Å²) in [6.45, 7) is 4.02. The molecule has 3 heterocycles. The number of pyridine rings is 1. The highest BCUT2D eigenvalue weighted by Gasteiger charge is 2.23. The molecular formula is C18H20N6OS. The predicted molar refractivity (Wildman–Crippen MR) is 104 cm³/mol. The van der Waals surface area contributed by atoms with Gasteiger partial charge in [-0.25, -0.2) is 9.97 Å². The van der Waals surface area contributed by atoms with Gasteiger partial charge < -0.3 is 16.2 Å². The molecule has 0 amide bonds. The van der Waals surface area contributed by atoms with Crippen LogP contribution in [-0.4, -0.2) is 37.7 Å².